The van der Waals surface area contributed by atoms with Gasteiger partial charge in [-0.1, -0.05) is 5.57 Å². The van der Waals surface area contributed by atoms with Crippen LogP contribution in [0.25, 0.3) is 0 Å². The molecule has 0 fully saturated rings. The molecule has 1 aliphatic carbocycles. The molecule has 0 spiro atoms. The lowest BCUT2D eigenvalue weighted by Gasteiger charge is -2.07. The van der Waals surface area contributed by atoms with E-state index in [1.165, 1.54) is 12.7 Å². The number of allylic oxidation sites excluding steroid dienone is 2. The van der Waals surface area contributed by atoms with Crippen LogP contribution in [0.15, 0.2) is 23.0 Å². The van der Waals surface area contributed by atoms with Gasteiger partial charge in [0.2, 0.25) is 0 Å². The van der Waals surface area contributed by atoms with Crippen molar-refractivity contribution in [2.45, 2.75) is 33.1 Å². The predicted octanol–water partition coefficient (Wildman–Crippen LogP) is 2.58. The highest BCUT2D eigenvalue weighted by molar-refractivity contribution is 5.89. The van der Waals surface area contributed by atoms with E-state index in [0.29, 0.717) is 12.2 Å². The first-order chi connectivity index (χ1) is 7.15. The van der Waals surface area contributed by atoms with Gasteiger partial charge in [0.15, 0.2) is 0 Å². The van der Waals surface area contributed by atoms with Crippen molar-refractivity contribution in [1.29, 1.82) is 0 Å². The van der Waals surface area contributed by atoms with Gasteiger partial charge in [-0.2, -0.15) is 0 Å². The number of carbonyl (C=O) groups excluding carboxylic acids is 1. The Labute approximate surface area is 90.8 Å². The highest BCUT2D eigenvalue weighted by Gasteiger charge is 2.22. The number of ether oxygens (including phenoxy) is 2. The number of hydrogen-bond acceptors (Lipinski definition) is 3. The molecule has 0 bridgehead atoms. The van der Waals surface area contributed by atoms with Gasteiger partial charge in [0.05, 0.1) is 12.7 Å². The molecule has 0 aromatic rings. The molecule has 1 aliphatic rings. The van der Waals surface area contributed by atoms with Crippen LogP contribution in [0, 0.1) is 0 Å². The Balaban J connectivity index is 2.58. The summed E-state index contributed by atoms with van der Waals surface area (Å²) in [5.74, 6) is 0.555. The van der Waals surface area contributed by atoms with Gasteiger partial charge in [0.25, 0.3) is 0 Å². The van der Waals surface area contributed by atoms with Gasteiger partial charge < -0.3 is 9.47 Å². The van der Waals surface area contributed by atoms with Crippen molar-refractivity contribution in [3.63, 3.8) is 0 Å². The third-order valence-corrected chi connectivity index (χ3v) is 2.35. The quantitative estimate of drug-likeness (QED) is 0.528. The summed E-state index contributed by atoms with van der Waals surface area (Å²) >= 11 is 0. The first-order valence-electron chi connectivity index (χ1n) is 5.21. The van der Waals surface area contributed by atoms with Crippen LogP contribution in [-0.2, 0) is 14.3 Å². The summed E-state index contributed by atoms with van der Waals surface area (Å²) in [6, 6.07) is 0. The average Bonchev–Trinajstić information content (AvgIpc) is 2.64. The summed E-state index contributed by atoms with van der Waals surface area (Å²) in [4.78, 5) is 11.3. The molecule has 3 nitrogen and oxygen atoms in total. The van der Waals surface area contributed by atoms with Gasteiger partial charge in [0, 0.05) is 6.42 Å². The molecule has 84 valence electrons. The Kier molecular flexibility index (Phi) is 4.40. The Morgan fingerprint density at radius 2 is 2.13 bits per heavy atom. The molecule has 15 heavy (non-hydrogen) atoms. The zero-order chi connectivity index (χ0) is 11.3. The first-order valence-corrected chi connectivity index (χ1v) is 5.21. The summed E-state index contributed by atoms with van der Waals surface area (Å²) in [5, 5.41) is 0. The van der Waals surface area contributed by atoms with Crippen molar-refractivity contribution < 1.29 is 14.3 Å². The second kappa shape index (κ2) is 5.59. The van der Waals surface area contributed by atoms with E-state index < -0.39 is 0 Å². The monoisotopic (exact) mass is 210 g/mol. The Bertz CT molecular complexity index is 296. The molecule has 0 saturated heterocycles. The molecule has 0 unspecified atom stereocenters. The van der Waals surface area contributed by atoms with Crippen LogP contribution in [0.2, 0.25) is 0 Å². The topological polar surface area (TPSA) is 35.5 Å². The molecule has 0 atom stereocenters. The summed E-state index contributed by atoms with van der Waals surface area (Å²) in [6.45, 7) is 4.58. The van der Waals surface area contributed by atoms with Gasteiger partial charge in [-0.25, -0.2) is 4.79 Å². The highest BCUT2D eigenvalue weighted by Crippen LogP contribution is 2.27. The third kappa shape index (κ3) is 3.42. The molecule has 0 aromatic carbocycles. The number of hydrogen-bond donors (Lipinski definition) is 0. The van der Waals surface area contributed by atoms with E-state index in [4.69, 9.17) is 9.47 Å². The van der Waals surface area contributed by atoms with Crippen molar-refractivity contribution in [1.82, 2.24) is 0 Å². The fourth-order valence-corrected chi connectivity index (χ4v) is 1.52. The summed E-state index contributed by atoms with van der Waals surface area (Å²) in [5.41, 5.74) is 1.92. The van der Waals surface area contributed by atoms with E-state index in [1.54, 1.807) is 0 Å². The van der Waals surface area contributed by atoms with Gasteiger partial charge in [-0.3, -0.25) is 0 Å². The Hall–Kier alpha value is -1.25. The fraction of sp³-hybridized carbons (Fsp3) is 0.583. The largest absolute Gasteiger partial charge is 0.493 e. The molecular formula is C12H18O3. The third-order valence-electron chi connectivity index (χ3n) is 2.35. The maximum absolute atomic E-state index is 11.3. The van der Waals surface area contributed by atoms with Crippen LogP contribution < -0.4 is 0 Å². The van der Waals surface area contributed by atoms with Crippen LogP contribution in [0.3, 0.4) is 0 Å². The molecule has 0 saturated carbocycles. The number of rotatable bonds is 4. The number of methoxy groups -OCH3 is 1. The van der Waals surface area contributed by atoms with Gasteiger partial charge in [-0.05, 0) is 32.8 Å². The van der Waals surface area contributed by atoms with Crippen LogP contribution >= 0.6 is 0 Å². The van der Waals surface area contributed by atoms with E-state index in [0.717, 1.165) is 25.0 Å². The lowest BCUT2D eigenvalue weighted by atomic mass is 10.2. The first kappa shape index (κ1) is 11.8. The lowest BCUT2D eigenvalue weighted by Crippen LogP contribution is -2.06. The van der Waals surface area contributed by atoms with Crippen LogP contribution in [0.1, 0.15) is 33.1 Å². The number of esters is 1. The SMILES string of the molecule is COC(=O)C1=C(OCC=C(C)C)CCC1. The minimum atomic E-state index is -0.250. The molecule has 0 aromatic heterocycles. The van der Waals surface area contributed by atoms with Crippen molar-refractivity contribution >= 4 is 5.97 Å². The van der Waals surface area contributed by atoms with Crippen LogP contribution in [0.5, 0.6) is 0 Å². The Morgan fingerprint density at radius 3 is 2.73 bits per heavy atom. The molecule has 0 N–H and O–H groups in total. The summed E-state index contributed by atoms with van der Waals surface area (Å²) < 4.78 is 10.3. The van der Waals surface area contributed by atoms with Crippen LogP contribution in [-0.4, -0.2) is 19.7 Å². The number of carbonyl (C=O) groups is 1. The second-order valence-electron chi connectivity index (χ2n) is 3.84. The molecule has 0 amide bonds. The normalized spacial score (nSPS) is 15.1. The minimum Gasteiger partial charge on any atom is -0.493 e. The van der Waals surface area contributed by atoms with E-state index in [2.05, 4.69) is 0 Å². The maximum atomic E-state index is 11.3. The molecule has 0 aliphatic heterocycles. The van der Waals surface area contributed by atoms with Gasteiger partial charge in [-0.15, -0.1) is 0 Å². The van der Waals surface area contributed by atoms with Gasteiger partial charge >= 0.3 is 5.97 Å². The zero-order valence-corrected chi connectivity index (χ0v) is 9.63. The van der Waals surface area contributed by atoms with Crippen molar-refractivity contribution in [3.8, 4) is 0 Å². The van der Waals surface area contributed by atoms with Gasteiger partial charge in [0.1, 0.15) is 12.4 Å². The average molecular weight is 210 g/mol. The highest BCUT2D eigenvalue weighted by atomic mass is 16.5. The summed E-state index contributed by atoms with van der Waals surface area (Å²) in [6.07, 6.45) is 4.60. The molecular weight excluding hydrogens is 192 g/mol. The fourth-order valence-electron chi connectivity index (χ4n) is 1.52. The standard InChI is InChI=1S/C12H18O3/c1-9(2)7-8-15-11-6-4-5-10(11)12(13)14-3/h7H,4-6,8H2,1-3H3. The molecule has 0 heterocycles. The lowest BCUT2D eigenvalue weighted by molar-refractivity contribution is -0.136. The maximum Gasteiger partial charge on any atom is 0.337 e. The smallest absolute Gasteiger partial charge is 0.337 e. The minimum absolute atomic E-state index is 0.250. The van der Waals surface area contributed by atoms with Crippen molar-refractivity contribution in [2.24, 2.45) is 0 Å². The Morgan fingerprint density at radius 1 is 1.40 bits per heavy atom. The molecule has 1 rings (SSSR count). The van der Waals surface area contributed by atoms with Crippen LogP contribution in [0.4, 0.5) is 0 Å². The van der Waals surface area contributed by atoms with E-state index >= 15 is 0 Å². The van der Waals surface area contributed by atoms with Crippen molar-refractivity contribution in [2.75, 3.05) is 13.7 Å². The summed E-state index contributed by atoms with van der Waals surface area (Å²) in [7, 11) is 1.40. The van der Waals surface area contributed by atoms with E-state index in [9.17, 15) is 4.79 Å². The second-order valence-corrected chi connectivity index (χ2v) is 3.84. The zero-order valence-electron chi connectivity index (χ0n) is 9.63. The molecule has 3 heteroatoms. The van der Waals surface area contributed by atoms with E-state index in [-0.39, 0.29) is 5.97 Å². The molecule has 0 radical (unpaired) electrons. The predicted molar refractivity (Wildman–Crippen MR) is 58.3 cm³/mol. The van der Waals surface area contributed by atoms with Crippen molar-refractivity contribution in [3.05, 3.63) is 23.0 Å². The van der Waals surface area contributed by atoms with E-state index in [1.807, 2.05) is 19.9 Å².